The Morgan fingerprint density at radius 2 is 2.07 bits per heavy atom. The molecule has 1 aliphatic heterocycles. The van der Waals surface area contributed by atoms with Crippen molar-refractivity contribution in [1.82, 2.24) is 4.90 Å². The van der Waals surface area contributed by atoms with E-state index in [1.165, 1.54) is 24.3 Å². The summed E-state index contributed by atoms with van der Waals surface area (Å²) in [6.45, 7) is 0.254. The summed E-state index contributed by atoms with van der Waals surface area (Å²) >= 11 is 0. The van der Waals surface area contributed by atoms with E-state index < -0.39 is 23.5 Å². The van der Waals surface area contributed by atoms with Crippen molar-refractivity contribution in [1.29, 1.82) is 0 Å². The average Bonchev–Trinajstić information content (AvgIpc) is 3.33. The Morgan fingerprint density at radius 3 is 2.75 bits per heavy atom. The lowest BCUT2D eigenvalue weighted by atomic mass is 9.95. The highest BCUT2D eigenvalue weighted by Crippen LogP contribution is 2.39. The van der Waals surface area contributed by atoms with Gasteiger partial charge in [0, 0.05) is 6.54 Å². The number of Topliss-reactive ketones (excluding diaryl/α,β-unsaturated/α-hetero) is 1. The molecule has 8 heteroatoms. The van der Waals surface area contributed by atoms with Crippen molar-refractivity contribution >= 4 is 11.7 Å². The standard InChI is InChI=1S/C20H21NO7/c1-26-14-5-2-4-13(12-14)17-16(18(23)15-6-3-9-28-15)19(24)20(25)21(17)7-10-27-11-8-22/h2-6,9,12,17,22,24H,7-8,10-11H2,1H3. The monoisotopic (exact) mass is 387 g/mol. The SMILES string of the molecule is COc1cccc(C2C(C(=O)c3ccco3)=C(O)C(=O)N2CCOCCO)c1. The smallest absolute Gasteiger partial charge is 0.290 e. The van der Waals surface area contributed by atoms with Crippen LogP contribution in [0.2, 0.25) is 0 Å². The summed E-state index contributed by atoms with van der Waals surface area (Å²) in [6.07, 6.45) is 1.35. The number of carbonyl (C=O) groups excluding carboxylic acids is 2. The molecular formula is C20H21NO7. The van der Waals surface area contributed by atoms with Crippen molar-refractivity contribution in [3.8, 4) is 5.75 Å². The Hall–Kier alpha value is -3.10. The molecule has 1 unspecified atom stereocenters. The fourth-order valence-corrected chi connectivity index (χ4v) is 3.14. The molecule has 2 aromatic rings. The van der Waals surface area contributed by atoms with Crippen molar-refractivity contribution in [3.63, 3.8) is 0 Å². The number of ether oxygens (including phenoxy) is 2. The van der Waals surface area contributed by atoms with Crippen molar-refractivity contribution in [2.75, 3.05) is 33.5 Å². The molecule has 0 aliphatic carbocycles. The highest BCUT2D eigenvalue weighted by Gasteiger charge is 2.44. The molecule has 2 heterocycles. The molecule has 0 bridgehead atoms. The molecule has 1 aromatic heterocycles. The minimum atomic E-state index is -0.821. The highest BCUT2D eigenvalue weighted by atomic mass is 16.5. The number of carbonyl (C=O) groups is 2. The molecule has 0 saturated heterocycles. The molecule has 0 fully saturated rings. The molecule has 1 aliphatic rings. The first-order valence-corrected chi connectivity index (χ1v) is 8.73. The number of rotatable bonds is 9. The molecular weight excluding hydrogens is 366 g/mol. The molecule has 0 spiro atoms. The number of ketones is 1. The lowest BCUT2D eigenvalue weighted by Crippen LogP contribution is -2.34. The quantitative estimate of drug-likeness (QED) is 0.499. The van der Waals surface area contributed by atoms with Gasteiger partial charge in [-0.15, -0.1) is 0 Å². The Labute approximate surface area is 161 Å². The first-order valence-electron chi connectivity index (χ1n) is 8.73. The number of aliphatic hydroxyl groups is 2. The molecule has 3 rings (SSSR count). The average molecular weight is 387 g/mol. The Morgan fingerprint density at radius 1 is 1.25 bits per heavy atom. The summed E-state index contributed by atoms with van der Waals surface area (Å²) < 4.78 is 15.7. The third-order valence-corrected chi connectivity index (χ3v) is 4.41. The molecule has 8 nitrogen and oxygen atoms in total. The molecule has 0 saturated carbocycles. The van der Waals surface area contributed by atoms with E-state index in [9.17, 15) is 14.7 Å². The second-order valence-corrected chi connectivity index (χ2v) is 6.08. The fraction of sp³-hybridized carbons (Fsp3) is 0.300. The van der Waals surface area contributed by atoms with Gasteiger partial charge in [0.05, 0.1) is 44.8 Å². The summed E-state index contributed by atoms with van der Waals surface area (Å²) in [5.41, 5.74) is 0.546. The van der Waals surface area contributed by atoms with Crippen LogP contribution in [0.1, 0.15) is 22.2 Å². The maximum Gasteiger partial charge on any atom is 0.290 e. The zero-order valence-corrected chi connectivity index (χ0v) is 15.3. The van der Waals surface area contributed by atoms with Gasteiger partial charge in [-0.05, 0) is 29.8 Å². The Balaban J connectivity index is 1.99. The van der Waals surface area contributed by atoms with Gasteiger partial charge < -0.3 is 29.0 Å². The van der Waals surface area contributed by atoms with Gasteiger partial charge in [0.15, 0.2) is 11.5 Å². The van der Waals surface area contributed by atoms with E-state index in [1.54, 1.807) is 30.3 Å². The first-order chi connectivity index (χ1) is 13.6. The second kappa shape index (κ2) is 8.73. The van der Waals surface area contributed by atoms with Gasteiger partial charge in [-0.1, -0.05) is 12.1 Å². The molecule has 2 N–H and O–H groups in total. The minimum absolute atomic E-state index is 0.0284. The van der Waals surface area contributed by atoms with Gasteiger partial charge in [-0.2, -0.15) is 0 Å². The van der Waals surface area contributed by atoms with E-state index in [0.29, 0.717) is 11.3 Å². The topological polar surface area (TPSA) is 109 Å². The zero-order valence-electron chi connectivity index (χ0n) is 15.3. The van der Waals surface area contributed by atoms with Crippen LogP contribution in [0.25, 0.3) is 0 Å². The number of nitrogens with zero attached hydrogens (tertiary/aromatic N) is 1. The van der Waals surface area contributed by atoms with E-state index in [1.807, 2.05) is 0 Å². The van der Waals surface area contributed by atoms with Crippen LogP contribution in [0.5, 0.6) is 5.75 Å². The Kier molecular flexibility index (Phi) is 6.13. The van der Waals surface area contributed by atoms with Gasteiger partial charge >= 0.3 is 0 Å². The zero-order chi connectivity index (χ0) is 20.1. The molecule has 148 valence electrons. The van der Waals surface area contributed by atoms with E-state index in [0.717, 1.165) is 0 Å². The van der Waals surface area contributed by atoms with Gasteiger partial charge in [0.25, 0.3) is 5.91 Å². The second-order valence-electron chi connectivity index (χ2n) is 6.08. The predicted octanol–water partition coefficient (Wildman–Crippen LogP) is 1.88. The summed E-state index contributed by atoms with van der Waals surface area (Å²) in [5, 5.41) is 19.3. The summed E-state index contributed by atoms with van der Waals surface area (Å²) in [5.74, 6) is -1.27. The summed E-state index contributed by atoms with van der Waals surface area (Å²) in [4.78, 5) is 27.0. The predicted molar refractivity (Wildman–Crippen MR) is 98.0 cm³/mol. The number of methoxy groups -OCH3 is 1. The molecule has 1 atom stereocenters. The van der Waals surface area contributed by atoms with Gasteiger partial charge in [0.2, 0.25) is 5.78 Å². The van der Waals surface area contributed by atoms with Crippen molar-refractivity contribution in [3.05, 3.63) is 65.3 Å². The third-order valence-electron chi connectivity index (χ3n) is 4.41. The normalized spacial score (nSPS) is 16.7. The lowest BCUT2D eigenvalue weighted by Gasteiger charge is -2.26. The number of benzene rings is 1. The number of hydrogen-bond acceptors (Lipinski definition) is 7. The largest absolute Gasteiger partial charge is 0.503 e. The van der Waals surface area contributed by atoms with Gasteiger partial charge in [0.1, 0.15) is 5.75 Å². The highest BCUT2D eigenvalue weighted by molar-refractivity contribution is 6.15. The molecule has 1 amide bonds. The Bertz CT molecular complexity index is 872. The number of amides is 1. The minimum Gasteiger partial charge on any atom is -0.503 e. The number of hydrogen-bond donors (Lipinski definition) is 2. The van der Waals surface area contributed by atoms with Crippen molar-refractivity contribution in [2.45, 2.75) is 6.04 Å². The van der Waals surface area contributed by atoms with Crippen LogP contribution in [0.3, 0.4) is 0 Å². The van der Waals surface area contributed by atoms with Gasteiger partial charge in [-0.25, -0.2) is 0 Å². The van der Waals surface area contributed by atoms with E-state index in [-0.39, 0.29) is 37.7 Å². The maximum absolute atomic E-state index is 12.9. The summed E-state index contributed by atoms with van der Waals surface area (Å²) in [6, 6.07) is 9.14. The fourth-order valence-electron chi connectivity index (χ4n) is 3.14. The van der Waals surface area contributed by atoms with Crippen LogP contribution >= 0.6 is 0 Å². The van der Waals surface area contributed by atoms with Crippen LogP contribution < -0.4 is 4.74 Å². The van der Waals surface area contributed by atoms with Crippen LogP contribution in [0.15, 0.2) is 58.4 Å². The van der Waals surface area contributed by atoms with E-state index in [4.69, 9.17) is 19.0 Å². The van der Waals surface area contributed by atoms with Crippen molar-refractivity contribution in [2.24, 2.45) is 0 Å². The molecule has 28 heavy (non-hydrogen) atoms. The molecule has 0 radical (unpaired) electrons. The maximum atomic E-state index is 12.9. The molecule has 1 aromatic carbocycles. The third kappa shape index (κ3) is 3.78. The van der Waals surface area contributed by atoms with Crippen LogP contribution in [0.4, 0.5) is 0 Å². The van der Waals surface area contributed by atoms with Crippen LogP contribution in [-0.2, 0) is 9.53 Å². The first kappa shape index (κ1) is 19.7. The van der Waals surface area contributed by atoms with Gasteiger partial charge in [-0.3, -0.25) is 9.59 Å². The van der Waals surface area contributed by atoms with E-state index in [2.05, 4.69) is 0 Å². The van der Waals surface area contributed by atoms with E-state index >= 15 is 0 Å². The summed E-state index contributed by atoms with van der Waals surface area (Å²) in [7, 11) is 1.52. The number of aliphatic hydroxyl groups excluding tert-OH is 2. The van der Waals surface area contributed by atoms with Crippen LogP contribution in [0, 0.1) is 0 Å². The van der Waals surface area contributed by atoms with Crippen molar-refractivity contribution < 1.29 is 33.7 Å². The number of furan rings is 1. The van der Waals surface area contributed by atoms with Crippen LogP contribution in [-0.4, -0.2) is 60.3 Å². The lowest BCUT2D eigenvalue weighted by molar-refractivity contribution is -0.130.